The fourth-order valence-electron chi connectivity index (χ4n) is 1.10. The van der Waals surface area contributed by atoms with Crippen LogP contribution in [0.25, 0.3) is 0 Å². The van der Waals surface area contributed by atoms with Crippen LogP contribution in [0, 0.1) is 0 Å². The van der Waals surface area contributed by atoms with E-state index >= 15 is 0 Å². The highest BCUT2D eigenvalue weighted by molar-refractivity contribution is 5.36. The molecule has 0 aromatic rings. The summed E-state index contributed by atoms with van der Waals surface area (Å²) in [5, 5.41) is 0. The van der Waals surface area contributed by atoms with E-state index in [0.29, 0.717) is 0 Å². The second-order valence-electron chi connectivity index (χ2n) is 2.71. The summed E-state index contributed by atoms with van der Waals surface area (Å²) in [6.45, 7) is 9.28. The van der Waals surface area contributed by atoms with Crippen LogP contribution < -0.4 is 0 Å². The number of rotatable bonds is 0. The number of nitrogens with zero attached hydrogens (tertiary/aromatic N) is 1. The van der Waals surface area contributed by atoms with Gasteiger partial charge < -0.3 is 4.90 Å². The summed E-state index contributed by atoms with van der Waals surface area (Å²) in [6.07, 6.45) is 0. The van der Waals surface area contributed by atoms with E-state index in [1.165, 1.54) is 16.8 Å². The van der Waals surface area contributed by atoms with Crippen molar-refractivity contribution in [3.63, 3.8) is 0 Å². The first kappa shape index (κ1) is 6.40. The van der Waals surface area contributed by atoms with Crippen molar-refractivity contribution in [2.24, 2.45) is 0 Å². The molecule has 1 heterocycles. The highest BCUT2D eigenvalue weighted by atomic mass is 15.1. The maximum atomic E-state index is 3.93. The second-order valence-corrected chi connectivity index (χ2v) is 2.71. The maximum absolute atomic E-state index is 3.93. The number of likely N-dealkylation sites (N-methyl/N-ethyl adjacent to an activating group) is 1. The fourth-order valence-corrected chi connectivity index (χ4v) is 1.10. The Bertz CT molecular complexity index is 177. The van der Waals surface area contributed by atoms with E-state index in [1.54, 1.807) is 0 Å². The molecule has 0 unspecified atom stereocenters. The minimum absolute atomic E-state index is 1.06. The first-order valence-corrected chi connectivity index (χ1v) is 3.19. The third-order valence-corrected chi connectivity index (χ3v) is 2.01. The van der Waals surface area contributed by atoms with Gasteiger partial charge in [-0.15, -0.1) is 0 Å². The molecule has 0 bridgehead atoms. The van der Waals surface area contributed by atoms with Gasteiger partial charge in [0.05, 0.1) is 0 Å². The Morgan fingerprint density at radius 3 is 2.11 bits per heavy atom. The maximum Gasteiger partial charge on any atom is 0.0389 e. The minimum atomic E-state index is 1.06. The summed E-state index contributed by atoms with van der Waals surface area (Å²) >= 11 is 0. The van der Waals surface area contributed by atoms with Crippen molar-refractivity contribution < 1.29 is 0 Å². The molecule has 0 radical (unpaired) electrons. The molecule has 0 aromatic carbocycles. The summed E-state index contributed by atoms with van der Waals surface area (Å²) in [5.74, 6) is 0. The lowest BCUT2D eigenvalue weighted by molar-refractivity contribution is 0.491. The zero-order chi connectivity index (χ0) is 7.02. The summed E-state index contributed by atoms with van der Waals surface area (Å²) in [7, 11) is 2.07. The van der Waals surface area contributed by atoms with Crippen LogP contribution in [0.15, 0.2) is 23.4 Å². The molecule has 0 aromatic heterocycles. The zero-order valence-electron chi connectivity index (χ0n) is 6.36. The highest BCUT2D eigenvalue weighted by Gasteiger charge is 2.14. The third-order valence-electron chi connectivity index (χ3n) is 2.01. The van der Waals surface area contributed by atoms with Crippen LogP contribution in [0.5, 0.6) is 0 Å². The SMILES string of the molecule is C=C1C(C)=C(C)CN1C. The van der Waals surface area contributed by atoms with Gasteiger partial charge in [0.15, 0.2) is 0 Å². The zero-order valence-corrected chi connectivity index (χ0v) is 6.36. The predicted octanol–water partition coefficient (Wildman–Crippen LogP) is 1.78. The molecule has 0 saturated carbocycles. The van der Waals surface area contributed by atoms with Gasteiger partial charge in [0.2, 0.25) is 0 Å². The minimum Gasteiger partial charge on any atom is -0.371 e. The van der Waals surface area contributed by atoms with Crippen LogP contribution in [0.4, 0.5) is 0 Å². The Morgan fingerprint density at radius 2 is 2.00 bits per heavy atom. The first-order chi connectivity index (χ1) is 4.13. The van der Waals surface area contributed by atoms with Crippen LogP contribution in [0.1, 0.15) is 13.8 Å². The van der Waals surface area contributed by atoms with Crippen LogP contribution in [0.3, 0.4) is 0 Å². The van der Waals surface area contributed by atoms with E-state index in [0.717, 1.165) is 6.54 Å². The molecular weight excluding hydrogens is 110 g/mol. The Morgan fingerprint density at radius 1 is 1.44 bits per heavy atom. The van der Waals surface area contributed by atoms with E-state index in [1.807, 2.05) is 0 Å². The Hall–Kier alpha value is -0.720. The molecule has 1 rings (SSSR count). The molecule has 0 atom stereocenters. The van der Waals surface area contributed by atoms with Crippen LogP contribution >= 0.6 is 0 Å². The standard InChI is InChI=1S/C8H13N/c1-6-5-9(4)8(3)7(6)2/h3,5H2,1-2,4H3. The van der Waals surface area contributed by atoms with Gasteiger partial charge in [-0.1, -0.05) is 6.58 Å². The van der Waals surface area contributed by atoms with Gasteiger partial charge >= 0.3 is 0 Å². The lowest BCUT2D eigenvalue weighted by Crippen LogP contribution is -2.11. The van der Waals surface area contributed by atoms with Gasteiger partial charge in [0.1, 0.15) is 0 Å². The van der Waals surface area contributed by atoms with E-state index in [4.69, 9.17) is 0 Å². The van der Waals surface area contributed by atoms with Crippen LogP contribution in [-0.2, 0) is 0 Å². The van der Waals surface area contributed by atoms with Crippen molar-refractivity contribution in [1.82, 2.24) is 4.90 Å². The lowest BCUT2D eigenvalue weighted by Gasteiger charge is -2.11. The highest BCUT2D eigenvalue weighted by Crippen LogP contribution is 2.23. The Labute approximate surface area is 56.7 Å². The summed E-state index contributed by atoms with van der Waals surface area (Å²) in [6, 6.07) is 0. The van der Waals surface area contributed by atoms with Gasteiger partial charge in [-0.2, -0.15) is 0 Å². The van der Waals surface area contributed by atoms with Gasteiger partial charge in [-0.25, -0.2) is 0 Å². The van der Waals surface area contributed by atoms with E-state index < -0.39 is 0 Å². The fraction of sp³-hybridized carbons (Fsp3) is 0.500. The van der Waals surface area contributed by atoms with E-state index in [2.05, 4.69) is 32.4 Å². The molecule has 0 N–H and O–H groups in total. The van der Waals surface area contributed by atoms with Crippen molar-refractivity contribution in [2.45, 2.75) is 13.8 Å². The van der Waals surface area contributed by atoms with Gasteiger partial charge in [-0.05, 0) is 25.0 Å². The molecule has 0 fully saturated rings. The topological polar surface area (TPSA) is 3.24 Å². The normalized spacial score (nSPS) is 19.9. The predicted molar refractivity (Wildman–Crippen MR) is 40.1 cm³/mol. The molecule has 0 aliphatic carbocycles. The van der Waals surface area contributed by atoms with Gasteiger partial charge in [-0.3, -0.25) is 0 Å². The monoisotopic (exact) mass is 123 g/mol. The molecule has 0 amide bonds. The lowest BCUT2D eigenvalue weighted by atomic mass is 10.2. The molecule has 1 nitrogen and oxygen atoms in total. The smallest absolute Gasteiger partial charge is 0.0389 e. The molecule has 9 heavy (non-hydrogen) atoms. The molecule has 1 aliphatic rings. The number of hydrogen-bond donors (Lipinski definition) is 0. The molecule has 50 valence electrons. The third kappa shape index (κ3) is 0.869. The summed E-state index contributed by atoms with van der Waals surface area (Å²) < 4.78 is 0. The summed E-state index contributed by atoms with van der Waals surface area (Å²) in [5.41, 5.74) is 3.98. The summed E-state index contributed by atoms with van der Waals surface area (Å²) in [4.78, 5) is 2.17. The number of hydrogen-bond acceptors (Lipinski definition) is 1. The van der Waals surface area contributed by atoms with E-state index in [9.17, 15) is 0 Å². The quantitative estimate of drug-likeness (QED) is 0.474. The van der Waals surface area contributed by atoms with Gasteiger partial charge in [0.25, 0.3) is 0 Å². The van der Waals surface area contributed by atoms with Crippen LogP contribution in [-0.4, -0.2) is 18.5 Å². The molecule has 1 heteroatoms. The van der Waals surface area contributed by atoms with Gasteiger partial charge in [0, 0.05) is 19.3 Å². The Balaban J connectivity index is 2.87. The van der Waals surface area contributed by atoms with E-state index in [-0.39, 0.29) is 0 Å². The Kier molecular flexibility index (Phi) is 1.35. The largest absolute Gasteiger partial charge is 0.371 e. The van der Waals surface area contributed by atoms with Crippen molar-refractivity contribution in [3.8, 4) is 0 Å². The second kappa shape index (κ2) is 1.90. The van der Waals surface area contributed by atoms with Crippen LogP contribution in [0.2, 0.25) is 0 Å². The average Bonchev–Trinajstić information content (AvgIpc) is 1.98. The van der Waals surface area contributed by atoms with Crippen molar-refractivity contribution in [1.29, 1.82) is 0 Å². The van der Waals surface area contributed by atoms with Crippen molar-refractivity contribution in [2.75, 3.05) is 13.6 Å². The molecule has 0 spiro atoms. The van der Waals surface area contributed by atoms with Crippen molar-refractivity contribution in [3.05, 3.63) is 23.4 Å². The average molecular weight is 123 g/mol. The first-order valence-electron chi connectivity index (χ1n) is 3.19. The molecule has 1 aliphatic heterocycles. The molecule has 0 saturated heterocycles. The molecular formula is C8H13N. The van der Waals surface area contributed by atoms with Crippen molar-refractivity contribution >= 4 is 0 Å². The number of allylic oxidation sites excluding steroid dienone is 1.